The summed E-state index contributed by atoms with van der Waals surface area (Å²) in [7, 11) is 11.2. The highest BCUT2D eigenvalue weighted by molar-refractivity contribution is 6.55. The van der Waals surface area contributed by atoms with Gasteiger partial charge in [-0.05, 0) is 29.7 Å². The lowest BCUT2D eigenvalue weighted by molar-refractivity contribution is -0.147. The van der Waals surface area contributed by atoms with Crippen molar-refractivity contribution in [2.45, 2.75) is 37.9 Å². The number of alkyl halides is 2. The molecule has 0 saturated carbocycles. The van der Waals surface area contributed by atoms with Crippen molar-refractivity contribution in [2.24, 2.45) is 0 Å². The number of rotatable bonds is 5. The molecule has 2 aromatic rings. The molecule has 2 aromatic carbocycles. The fraction of sp³-hybridized carbons (Fsp3) is 0.273. The van der Waals surface area contributed by atoms with E-state index in [2.05, 4.69) is 10.6 Å². The maximum absolute atomic E-state index is 14.7. The molecule has 1 saturated heterocycles. The van der Waals surface area contributed by atoms with Gasteiger partial charge < -0.3 is 10.2 Å². The molecule has 34 heavy (non-hydrogen) atoms. The topological polar surface area (TPSA) is 95.6 Å². The van der Waals surface area contributed by atoms with Crippen molar-refractivity contribution >= 4 is 61.8 Å². The predicted octanol–water partition coefficient (Wildman–Crippen LogP) is 0.0968. The smallest absolute Gasteiger partial charge is 0.346 e. The lowest BCUT2D eigenvalue weighted by Gasteiger charge is -2.29. The monoisotopic (exact) mass is 481 g/mol. The molecule has 7 nitrogen and oxygen atoms in total. The Kier molecular flexibility index (Phi) is 6.24. The molecule has 0 bridgehead atoms. The first-order valence-electron chi connectivity index (χ1n) is 10.3. The van der Waals surface area contributed by atoms with Crippen molar-refractivity contribution in [1.82, 2.24) is 15.5 Å². The Morgan fingerprint density at radius 2 is 1.91 bits per heavy atom. The van der Waals surface area contributed by atoms with Crippen LogP contribution in [0.4, 0.5) is 8.78 Å². The molecule has 12 heteroatoms. The number of hydrogen-bond acceptors (Lipinski definition) is 4. The Morgan fingerprint density at radius 3 is 2.62 bits per heavy atom. The molecule has 0 aromatic heterocycles. The van der Waals surface area contributed by atoms with Crippen molar-refractivity contribution in [3.05, 3.63) is 57.6 Å². The summed E-state index contributed by atoms with van der Waals surface area (Å²) in [4.78, 5) is 49.9. The van der Waals surface area contributed by atoms with Gasteiger partial charge in [0.15, 0.2) is 0 Å². The second-order valence-corrected chi connectivity index (χ2v) is 8.48. The number of carbonyl (C=O) groups excluding carboxylic acids is 4. The van der Waals surface area contributed by atoms with E-state index in [9.17, 15) is 28.0 Å². The van der Waals surface area contributed by atoms with Gasteiger partial charge in [0.25, 0.3) is 11.8 Å². The number of benzene rings is 2. The average Bonchev–Trinajstić information content (AvgIpc) is 3.11. The predicted molar refractivity (Wildman–Crippen MR) is 120 cm³/mol. The summed E-state index contributed by atoms with van der Waals surface area (Å²) in [5.41, 5.74) is -0.0408. The minimum atomic E-state index is -3.96. The van der Waals surface area contributed by atoms with Crippen LogP contribution in [0.1, 0.15) is 39.9 Å². The van der Waals surface area contributed by atoms with E-state index in [-0.39, 0.29) is 48.2 Å². The largest absolute Gasteiger partial charge is 0.349 e. The molecule has 2 aliphatic heterocycles. The summed E-state index contributed by atoms with van der Waals surface area (Å²) in [5, 5.41) is 4.39. The van der Waals surface area contributed by atoms with E-state index in [0.29, 0.717) is 16.7 Å². The molecule has 1 fully saturated rings. The Labute approximate surface area is 201 Å². The second kappa shape index (κ2) is 8.87. The zero-order chi connectivity index (χ0) is 24.8. The van der Waals surface area contributed by atoms with Crippen LogP contribution >= 0.6 is 11.6 Å². The number of halogens is 3. The van der Waals surface area contributed by atoms with Gasteiger partial charge >= 0.3 is 5.92 Å². The lowest BCUT2D eigenvalue weighted by Crippen LogP contribution is -2.52. The molecule has 2 N–H and O–H groups in total. The molecule has 4 amide bonds. The van der Waals surface area contributed by atoms with Gasteiger partial charge in [-0.2, -0.15) is 8.78 Å². The molecule has 1 atom stereocenters. The summed E-state index contributed by atoms with van der Waals surface area (Å²) in [6.07, 6.45) is 0.354. The summed E-state index contributed by atoms with van der Waals surface area (Å²) in [6, 6.07) is 5.95. The van der Waals surface area contributed by atoms with E-state index < -0.39 is 34.8 Å². The minimum Gasteiger partial charge on any atom is -0.346 e. The molecule has 2 heterocycles. The van der Waals surface area contributed by atoms with E-state index in [1.54, 1.807) is 6.07 Å². The lowest BCUT2D eigenvalue weighted by atomic mass is 9.76. The highest BCUT2D eigenvalue weighted by atomic mass is 35.5. The van der Waals surface area contributed by atoms with Gasteiger partial charge in [-0.15, -0.1) is 0 Å². The van der Waals surface area contributed by atoms with Gasteiger partial charge in [-0.25, -0.2) is 0 Å². The Balaban J connectivity index is 1.46. The van der Waals surface area contributed by atoms with Crippen molar-refractivity contribution in [3.8, 4) is 0 Å². The van der Waals surface area contributed by atoms with Crippen molar-refractivity contribution in [2.75, 3.05) is 0 Å². The van der Waals surface area contributed by atoms with Crippen molar-refractivity contribution < 1.29 is 28.0 Å². The Bertz CT molecular complexity index is 1240. The van der Waals surface area contributed by atoms with Gasteiger partial charge in [-0.1, -0.05) is 40.7 Å². The minimum absolute atomic E-state index is 0.00324. The van der Waals surface area contributed by atoms with Gasteiger partial charge in [-0.3, -0.25) is 24.5 Å². The SMILES string of the molecule is [B]c1c(Cl)ccc(C(F)(F)C(=O)NCc2ccc3c(c2)CN(C2CCC(=O)NC2=O)C3=O)c1[B]. The second-order valence-electron chi connectivity index (χ2n) is 8.07. The molecule has 170 valence electrons. The maximum atomic E-state index is 14.7. The molecular formula is C22H16B2ClF2N3O4. The highest BCUT2D eigenvalue weighted by Gasteiger charge is 2.42. The highest BCUT2D eigenvalue weighted by Crippen LogP contribution is 2.29. The molecule has 4 radical (unpaired) electrons. The Hall–Kier alpha value is -3.20. The van der Waals surface area contributed by atoms with Gasteiger partial charge in [0.2, 0.25) is 11.8 Å². The molecular weight excluding hydrogens is 465 g/mol. The molecule has 2 aliphatic rings. The molecule has 4 rings (SSSR count). The van der Waals surface area contributed by atoms with Crippen molar-refractivity contribution in [3.63, 3.8) is 0 Å². The van der Waals surface area contributed by atoms with E-state index in [1.807, 2.05) is 0 Å². The van der Waals surface area contributed by atoms with Crippen LogP contribution in [0.25, 0.3) is 0 Å². The van der Waals surface area contributed by atoms with Gasteiger partial charge in [0, 0.05) is 35.7 Å². The van der Waals surface area contributed by atoms with Crippen LogP contribution in [-0.4, -0.2) is 50.3 Å². The summed E-state index contributed by atoms with van der Waals surface area (Å²) < 4.78 is 29.4. The zero-order valence-electron chi connectivity index (χ0n) is 17.7. The van der Waals surface area contributed by atoms with Crippen LogP contribution < -0.4 is 21.6 Å². The summed E-state index contributed by atoms with van der Waals surface area (Å²) >= 11 is 5.77. The van der Waals surface area contributed by atoms with E-state index in [0.717, 1.165) is 12.1 Å². The van der Waals surface area contributed by atoms with Crippen molar-refractivity contribution in [1.29, 1.82) is 0 Å². The van der Waals surface area contributed by atoms with Gasteiger partial charge in [0.1, 0.15) is 21.7 Å². The standard InChI is InChI=1S/C22H16B2ClF2N3O4/c23-17-13(3-4-14(25)18(17)24)22(26,27)21(34)28-8-10-1-2-12-11(7-10)9-30(20(12)33)15-5-6-16(31)29-19(15)32/h1-4,7,15H,5-6,8-9H2,(H,28,34)(H,29,31,32). The molecule has 1 unspecified atom stereocenters. The number of piperidine rings is 1. The maximum Gasteiger partial charge on any atom is 0.349 e. The van der Waals surface area contributed by atoms with E-state index in [1.165, 1.54) is 17.0 Å². The number of nitrogens with zero attached hydrogens (tertiary/aromatic N) is 1. The number of amides is 4. The first-order valence-corrected chi connectivity index (χ1v) is 10.6. The van der Waals surface area contributed by atoms with Gasteiger partial charge in [0.05, 0.1) is 0 Å². The zero-order valence-corrected chi connectivity index (χ0v) is 18.4. The fourth-order valence-electron chi connectivity index (χ4n) is 4.04. The summed E-state index contributed by atoms with van der Waals surface area (Å²) in [6.45, 7) is -0.115. The van der Waals surface area contributed by atoms with Crippen LogP contribution in [-0.2, 0) is 33.4 Å². The average molecular weight is 481 g/mol. The molecule has 0 aliphatic carbocycles. The third-order valence-corrected chi connectivity index (χ3v) is 6.23. The number of nitrogens with one attached hydrogen (secondary N) is 2. The molecule has 0 spiro atoms. The number of imide groups is 1. The van der Waals surface area contributed by atoms with E-state index >= 15 is 0 Å². The van der Waals surface area contributed by atoms with Crippen LogP contribution in [0.5, 0.6) is 0 Å². The van der Waals surface area contributed by atoms with E-state index in [4.69, 9.17) is 27.3 Å². The number of fused-ring (bicyclic) bond motifs is 1. The van der Waals surface area contributed by atoms with Crippen LogP contribution in [0.2, 0.25) is 5.02 Å². The van der Waals surface area contributed by atoms with Crippen LogP contribution in [0, 0.1) is 0 Å². The third-order valence-electron chi connectivity index (χ3n) is 5.90. The first-order chi connectivity index (χ1) is 16.0. The number of hydrogen-bond donors (Lipinski definition) is 2. The Morgan fingerprint density at radius 1 is 1.18 bits per heavy atom. The third kappa shape index (κ3) is 4.20. The normalized spacial score (nSPS) is 18.0. The quantitative estimate of drug-likeness (QED) is 0.468. The van der Waals surface area contributed by atoms with Crippen LogP contribution in [0.3, 0.4) is 0 Å². The summed E-state index contributed by atoms with van der Waals surface area (Å²) in [5.74, 6) is -6.82. The fourth-order valence-corrected chi connectivity index (χ4v) is 4.20. The number of carbonyl (C=O) groups is 4. The van der Waals surface area contributed by atoms with Crippen LogP contribution in [0.15, 0.2) is 30.3 Å². The first kappa shape index (κ1) is 23.9.